The number of pyridine rings is 3. The van der Waals surface area contributed by atoms with Gasteiger partial charge in [0.1, 0.15) is 5.69 Å². The standard InChI is InChI=1S/C20H17F3N4O2/c21-20(22,23)17-4-3-14-16(25-17)10-15(26-18(14)28)13-2-1-9-27(11-13)19(29)12-5-7-24-8-6-12/h3-8,10,13H,1-2,9,11H2,(H,26,28)/t13-/m1/s1. The first-order chi connectivity index (χ1) is 13.8. The van der Waals surface area contributed by atoms with Crippen molar-refractivity contribution in [2.45, 2.75) is 24.9 Å². The first-order valence-electron chi connectivity index (χ1n) is 9.13. The summed E-state index contributed by atoms with van der Waals surface area (Å²) >= 11 is 0. The second kappa shape index (κ2) is 7.31. The molecule has 0 aliphatic carbocycles. The number of hydrogen-bond donors (Lipinski definition) is 1. The van der Waals surface area contributed by atoms with Crippen LogP contribution in [0.1, 0.15) is 40.5 Å². The Labute approximate surface area is 163 Å². The molecule has 3 aromatic rings. The Morgan fingerprint density at radius 3 is 2.66 bits per heavy atom. The number of H-pyrrole nitrogens is 1. The highest BCUT2D eigenvalue weighted by Crippen LogP contribution is 2.30. The lowest BCUT2D eigenvalue weighted by Crippen LogP contribution is -2.39. The maximum absolute atomic E-state index is 13.0. The van der Waals surface area contributed by atoms with E-state index < -0.39 is 17.4 Å². The highest BCUT2D eigenvalue weighted by atomic mass is 19.4. The fourth-order valence-electron chi connectivity index (χ4n) is 3.63. The largest absolute Gasteiger partial charge is 0.433 e. The van der Waals surface area contributed by atoms with Gasteiger partial charge in [-0.25, -0.2) is 4.98 Å². The number of alkyl halides is 3. The molecule has 0 aromatic carbocycles. The lowest BCUT2D eigenvalue weighted by atomic mass is 9.93. The van der Waals surface area contributed by atoms with E-state index in [0.717, 1.165) is 18.6 Å². The third-order valence-electron chi connectivity index (χ3n) is 5.09. The maximum Gasteiger partial charge on any atom is 0.433 e. The second-order valence-electron chi connectivity index (χ2n) is 7.01. The van der Waals surface area contributed by atoms with Crippen molar-refractivity contribution in [2.75, 3.05) is 13.1 Å². The number of nitrogens with one attached hydrogen (secondary N) is 1. The number of aromatic amines is 1. The van der Waals surface area contributed by atoms with E-state index in [1.165, 1.54) is 6.07 Å². The third kappa shape index (κ3) is 3.85. The van der Waals surface area contributed by atoms with Gasteiger partial charge in [0.05, 0.1) is 10.9 Å². The number of rotatable bonds is 2. The molecule has 1 fully saturated rings. The maximum atomic E-state index is 13.0. The molecule has 0 saturated carbocycles. The number of aromatic nitrogens is 3. The molecule has 1 saturated heterocycles. The first kappa shape index (κ1) is 19.1. The molecule has 1 aliphatic rings. The average molecular weight is 402 g/mol. The number of amides is 1. The monoisotopic (exact) mass is 402 g/mol. The molecule has 29 heavy (non-hydrogen) atoms. The van der Waals surface area contributed by atoms with Crippen LogP contribution in [0.15, 0.2) is 47.5 Å². The van der Waals surface area contributed by atoms with Crippen molar-refractivity contribution in [1.82, 2.24) is 19.9 Å². The van der Waals surface area contributed by atoms with Crippen molar-refractivity contribution >= 4 is 16.8 Å². The van der Waals surface area contributed by atoms with Gasteiger partial charge in [-0.15, -0.1) is 0 Å². The average Bonchev–Trinajstić information content (AvgIpc) is 2.73. The van der Waals surface area contributed by atoms with Crippen molar-refractivity contribution in [3.05, 3.63) is 70.0 Å². The van der Waals surface area contributed by atoms with Crippen molar-refractivity contribution in [3.8, 4) is 0 Å². The highest BCUT2D eigenvalue weighted by Gasteiger charge is 2.33. The van der Waals surface area contributed by atoms with E-state index in [2.05, 4.69) is 15.0 Å². The van der Waals surface area contributed by atoms with Gasteiger partial charge in [0.2, 0.25) is 0 Å². The van der Waals surface area contributed by atoms with Crippen LogP contribution in [0.3, 0.4) is 0 Å². The summed E-state index contributed by atoms with van der Waals surface area (Å²) in [5.74, 6) is -0.333. The van der Waals surface area contributed by atoms with E-state index in [1.54, 1.807) is 29.4 Å². The van der Waals surface area contributed by atoms with Gasteiger partial charge in [-0.3, -0.25) is 14.6 Å². The lowest BCUT2D eigenvalue weighted by molar-refractivity contribution is -0.140. The molecule has 9 heteroatoms. The van der Waals surface area contributed by atoms with Crippen molar-refractivity contribution in [3.63, 3.8) is 0 Å². The Morgan fingerprint density at radius 2 is 1.93 bits per heavy atom. The number of carbonyl (C=O) groups is 1. The number of hydrogen-bond acceptors (Lipinski definition) is 4. The minimum atomic E-state index is -4.59. The summed E-state index contributed by atoms with van der Waals surface area (Å²) in [6, 6.07) is 6.68. The summed E-state index contributed by atoms with van der Waals surface area (Å²) in [6.07, 6.45) is -0.0769. The molecule has 0 unspecified atom stereocenters. The molecule has 1 atom stereocenters. The van der Waals surface area contributed by atoms with Gasteiger partial charge < -0.3 is 9.88 Å². The quantitative estimate of drug-likeness (QED) is 0.713. The van der Waals surface area contributed by atoms with E-state index in [-0.39, 0.29) is 22.7 Å². The summed E-state index contributed by atoms with van der Waals surface area (Å²) in [7, 11) is 0. The molecular formula is C20H17F3N4O2. The van der Waals surface area contributed by atoms with Crippen molar-refractivity contribution in [1.29, 1.82) is 0 Å². The molecule has 1 N–H and O–H groups in total. The van der Waals surface area contributed by atoms with Gasteiger partial charge in [0.15, 0.2) is 0 Å². The minimum Gasteiger partial charge on any atom is -0.338 e. The fourth-order valence-corrected chi connectivity index (χ4v) is 3.63. The Bertz CT molecular complexity index is 1110. The smallest absolute Gasteiger partial charge is 0.338 e. The summed E-state index contributed by atoms with van der Waals surface area (Å²) in [4.78, 5) is 37.0. The number of piperidine rings is 1. The molecule has 150 valence electrons. The fraction of sp³-hybridized carbons (Fsp3) is 0.300. The van der Waals surface area contributed by atoms with Gasteiger partial charge in [-0.2, -0.15) is 13.2 Å². The van der Waals surface area contributed by atoms with E-state index in [1.807, 2.05) is 0 Å². The normalized spacial score (nSPS) is 17.5. The van der Waals surface area contributed by atoms with Crippen molar-refractivity contribution < 1.29 is 18.0 Å². The van der Waals surface area contributed by atoms with Crippen LogP contribution in [0, 0.1) is 0 Å². The number of nitrogens with zero attached hydrogens (tertiary/aromatic N) is 3. The summed E-state index contributed by atoms with van der Waals surface area (Å²) < 4.78 is 38.9. The Hall–Kier alpha value is -3.23. The van der Waals surface area contributed by atoms with Crippen LogP contribution in [-0.4, -0.2) is 38.8 Å². The van der Waals surface area contributed by atoms with E-state index in [9.17, 15) is 22.8 Å². The Morgan fingerprint density at radius 1 is 1.17 bits per heavy atom. The molecule has 0 spiro atoms. The molecular weight excluding hydrogens is 385 g/mol. The topological polar surface area (TPSA) is 79.0 Å². The highest BCUT2D eigenvalue weighted by molar-refractivity contribution is 5.94. The van der Waals surface area contributed by atoms with Gasteiger partial charge in [0.25, 0.3) is 11.5 Å². The van der Waals surface area contributed by atoms with Gasteiger partial charge >= 0.3 is 6.18 Å². The predicted molar refractivity (Wildman–Crippen MR) is 99.5 cm³/mol. The van der Waals surface area contributed by atoms with Crippen LogP contribution >= 0.6 is 0 Å². The van der Waals surface area contributed by atoms with E-state index in [0.29, 0.717) is 30.8 Å². The molecule has 1 aliphatic heterocycles. The van der Waals surface area contributed by atoms with Crippen LogP contribution in [0.5, 0.6) is 0 Å². The molecule has 4 rings (SSSR count). The minimum absolute atomic E-state index is 0.00356. The molecule has 0 bridgehead atoms. The molecule has 3 aromatic heterocycles. The molecule has 1 amide bonds. The van der Waals surface area contributed by atoms with Crippen LogP contribution in [0.4, 0.5) is 13.2 Å². The van der Waals surface area contributed by atoms with Crippen LogP contribution in [0.25, 0.3) is 10.9 Å². The zero-order valence-corrected chi connectivity index (χ0v) is 15.2. The van der Waals surface area contributed by atoms with Gasteiger partial charge in [-0.05, 0) is 43.2 Å². The predicted octanol–water partition coefficient (Wildman–Crippen LogP) is 3.36. The zero-order chi connectivity index (χ0) is 20.6. The summed E-state index contributed by atoms with van der Waals surface area (Å²) in [5.41, 5.74) is -0.530. The van der Waals surface area contributed by atoms with Crippen LogP contribution < -0.4 is 5.56 Å². The molecule has 0 radical (unpaired) electrons. The number of halogens is 3. The second-order valence-corrected chi connectivity index (χ2v) is 7.01. The Kier molecular flexibility index (Phi) is 4.81. The van der Waals surface area contributed by atoms with Crippen LogP contribution in [0.2, 0.25) is 0 Å². The number of carbonyl (C=O) groups excluding carboxylic acids is 1. The number of fused-ring (bicyclic) bond motifs is 1. The Balaban J connectivity index is 1.65. The van der Waals surface area contributed by atoms with E-state index >= 15 is 0 Å². The third-order valence-corrected chi connectivity index (χ3v) is 5.09. The van der Waals surface area contributed by atoms with Crippen LogP contribution in [-0.2, 0) is 6.18 Å². The summed E-state index contributed by atoms with van der Waals surface area (Å²) in [6.45, 7) is 0.938. The summed E-state index contributed by atoms with van der Waals surface area (Å²) in [5, 5.41) is 0.0993. The SMILES string of the molecule is O=C(c1ccncc1)N1CCC[C@@H](c2cc3nc(C(F)(F)F)ccc3c(=O)[nH]2)C1. The first-order valence-corrected chi connectivity index (χ1v) is 9.13. The zero-order valence-electron chi connectivity index (χ0n) is 15.2. The van der Waals surface area contributed by atoms with Gasteiger partial charge in [-0.1, -0.05) is 0 Å². The van der Waals surface area contributed by atoms with E-state index in [4.69, 9.17) is 0 Å². The van der Waals surface area contributed by atoms with Gasteiger partial charge in [0, 0.05) is 42.7 Å². The number of likely N-dealkylation sites (tertiary alicyclic amines) is 1. The molecule has 4 heterocycles. The van der Waals surface area contributed by atoms with Crippen molar-refractivity contribution in [2.24, 2.45) is 0 Å². The molecule has 6 nitrogen and oxygen atoms in total. The lowest BCUT2D eigenvalue weighted by Gasteiger charge is -2.33.